The Labute approximate surface area is 66.7 Å². The van der Waals surface area contributed by atoms with Crippen LogP contribution in [0.3, 0.4) is 0 Å². The fraction of sp³-hybridized carbons (Fsp3) is 0.625. The summed E-state index contributed by atoms with van der Waals surface area (Å²) in [6.07, 6.45) is 3.66. The lowest BCUT2D eigenvalue weighted by Gasteiger charge is -2.07. The summed E-state index contributed by atoms with van der Waals surface area (Å²) in [5.41, 5.74) is 0. The highest BCUT2D eigenvalue weighted by Gasteiger charge is 2.05. The smallest absolute Gasteiger partial charge is 0.111 e. The second kappa shape index (κ2) is 3.53. The Kier molecular flexibility index (Phi) is 2.65. The Balaban J connectivity index is 2.78. The Hall–Kier alpha value is -0.830. The first kappa shape index (κ1) is 8.27. The summed E-state index contributed by atoms with van der Waals surface area (Å²) in [6.45, 7) is 5.01. The van der Waals surface area contributed by atoms with Gasteiger partial charge in [-0.3, -0.25) is 0 Å². The van der Waals surface area contributed by atoms with Crippen molar-refractivity contribution in [1.82, 2.24) is 9.55 Å². The van der Waals surface area contributed by atoms with Gasteiger partial charge in [-0.05, 0) is 0 Å². The van der Waals surface area contributed by atoms with Gasteiger partial charge in [-0.1, -0.05) is 13.8 Å². The molecule has 0 amide bonds. The topological polar surface area (TPSA) is 38.0 Å². The maximum absolute atomic E-state index is 8.70. The highest BCUT2D eigenvalue weighted by molar-refractivity contribution is 4.97. The lowest BCUT2D eigenvalue weighted by molar-refractivity contribution is 0.273. The fourth-order valence-corrected chi connectivity index (χ4v) is 1.12. The zero-order chi connectivity index (χ0) is 8.27. The molecule has 0 unspecified atom stereocenters. The monoisotopic (exact) mass is 154 g/mol. The summed E-state index contributed by atoms with van der Waals surface area (Å²) in [5.74, 6) is 1.47. The molecular formula is C8H14N2O. The molecular weight excluding hydrogens is 140 g/mol. The Morgan fingerprint density at radius 1 is 1.64 bits per heavy atom. The molecule has 0 bridgehead atoms. The van der Waals surface area contributed by atoms with Gasteiger partial charge in [0.1, 0.15) is 5.82 Å². The van der Waals surface area contributed by atoms with Gasteiger partial charge in [0.15, 0.2) is 0 Å². The van der Waals surface area contributed by atoms with Crippen molar-refractivity contribution in [2.75, 3.05) is 6.61 Å². The third-order valence-corrected chi connectivity index (χ3v) is 1.60. The van der Waals surface area contributed by atoms with E-state index in [0.29, 0.717) is 12.5 Å². The lowest BCUT2D eigenvalue weighted by atomic mass is 10.2. The van der Waals surface area contributed by atoms with E-state index >= 15 is 0 Å². The van der Waals surface area contributed by atoms with Crippen molar-refractivity contribution in [3.63, 3.8) is 0 Å². The molecule has 0 saturated carbocycles. The molecule has 0 aromatic carbocycles. The molecule has 1 N–H and O–H groups in total. The molecule has 0 aliphatic carbocycles. The lowest BCUT2D eigenvalue weighted by Crippen LogP contribution is -2.07. The molecule has 1 heterocycles. The minimum Gasteiger partial charge on any atom is -0.395 e. The van der Waals surface area contributed by atoms with Crippen molar-refractivity contribution < 1.29 is 5.11 Å². The van der Waals surface area contributed by atoms with Gasteiger partial charge in [0.05, 0.1) is 6.61 Å². The summed E-state index contributed by atoms with van der Waals surface area (Å²) in [5, 5.41) is 8.70. The number of nitrogens with zero attached hydrogens (tertiary/aromatic N) is 2. The largest absolute Gasteiger partial charge is 0.395 e. The van der Waals surface area contributed by atoms with Crippen molar-refractivity contribution in [2.45, 2.75) is 26.3 Å². The second-order valence-corrected chi connectivity index (χ2v) is 2.86. The van der Waals surface area contributed by atoms with E-state index in [1.54, 1.807) is 6.20 Å². The van der Waals surface area contributed by atoms with Gasteiger partial charge in [0.2, 0.25) is 0 Å². The Morgan fingerprint density at radius 3 is 2.91 bits per heavy atom. The maximum atomic E-state index is 8.70. The third kappa shape index (κ3) is 1.80. The molecule has 0 saturated heterocycles. The number of aliphatic hydroxyl groups excluding tert-OH is 1. The molecule has 1 aromatic rings. The van der Waals surface area contributed by atoms with Gasteiger partial charge in [0, 0.05) is 24.9 Å². The summed E-state index contributed by atoms with van der Waals surface area (Å²) in [6, 6.07) is 0. The van der Waals surface area contributed by atoms with E-state index in [9.17, 15) is 0 Å². The van der Waals surface area contributed by atoms with Gasteiger partial charge in [-0.25, -0.2) is 4.98 Å². The molecule has 0 atom stereocenters. The third-order valence-electron chi connectivity index (χ3n) is 1.60. The summed E-state index contributed by atoms with van der Waals surface area (Å²) in [7, 11) is 0. The zero-order valence-electron chi connectivity index (χ0n) is 6.99. The van der Waals surface area contributed by atoms with Crippen LogP contribution < -0.4 is 0 Å². The number of imidazole rings is 1. The molecule has 0 radical (unpaired) electrons. The standard InChI is InChI=1S/C8H14N2O/c1-7(2)8-9-3-4-10(8)5-6-11/h3-4,7,11H,5-6H2,1-2H3. The summed E-state index contributed by atoms with van der Waals surface area (Å²) >= 11 is 0. The van der Waals surface area contributed by atoms with E-state index in [1.807, 2.05) is 10.8 Å². The van der Waals surface area contributed by atoms with Crippen LogP contribution in [-0.2, 0) is 6.54 Å². The molecule has 1 rings (SSSR count). The first-order chi connectivity index (χ1) is 5.25. The van der Waals surface area contributed by atoms with Crippen LogP contribution in [0.25, 0.3) is 0 Å². The molecule has 0 aliphatic rings. The van der Waals surface area contributed by atoms with E-state index in [-0.39, 0.29) is 6.61 Å². The van der Waals surface area contributed by atoms with Crippen LogP contribution in [0.5, 0.6) is 0 Å². The van der Waals surface area contributed by atoms with Crippen molar-refractivity contribution in [3.8, 4) is 0 Å². The van der Waals surface area contributed by atoms with Crippen LogP contribution in [0.4, 0.5) is 0 Å². The fourth-order valence-electron chi connectivity index (χ4n) is 1.12. The number of hydrogen-bond donors (Lipinski definition) is 1. The average Bonchev–Trinajstić information content (AvgIpc) is 2.36. The molecule has 62 valence electrons. The minimum atomic E-state index is 0.177. The predicted molar refractivity (Wildman–Crippen MR) is 43.4 cm³/mol. The summed E-state index contributed by atoms with van der Waals surface area (Å²) in [4.78, 5) is 4.19. The molecule has 11 heavy (non-hydrogen) atoms. The van der Waals surface area contributed by atoms with Gasteiger partial charge in [0.25, 0.3) is 0 Å². The molecule has 3 nitrogen and oxygen atoms in total. The number of aromatic nitrogens is 2. The van der Waals surface area contributed by atoms with Crippen LogP contribution in [0, 0.1) is 0 Å². The molecule has 0 spiro atoms. The second-order valence-electron chi connectivity index (χ2n) is 2.86. The van der Waals surface area contributed by atoms with E-state index in [4.69, 9.17) is 5.11 Å². The van der Waals surface area contributed by atoms with Gasteiger partial charge in [-0.2, -0.15) is 0 Å². The maximum Gasteiger partial charge on any atom is 0.111 e. The molecule has 3 heteroatoms. The normalized spacial score (nSPS) is 10.9. The van der Waals surface area contributed by atoms with Gasteiger partial charge < -0.3 is 9.67 Å². The molecule has 0 aliphatic heterocycles. The minimum absolute atomic E-state index is 0.177. The van der Waals surface area contributed by atoms with E-state index in [0.717, 1.165) is 5.82 Å². The Morgan fingerprint density at radius 2 is 2.36 bits per heavy atom. The Bertz CT molecular complexity index is 218. The predicted octanol–water partition coefficient (Wildman–Crippen LogP) is 0.999. The zero-order valence-corrected chi connectivity index (χ0v) is 6.99. The van der Waals surface area contributed by atoms with Crippen molar-refractivity contribution >= 4 is 0 Å². The van der Waals surface area contributed by atoms with E-state index in [2.05, 4.69) is 18.8 Å². The number of rotatable bonds is 3. The average molecular weight is 154 g/mol. The number of aliphatic hydroxyl groups is 1. The summed E-state index contributed by atoms with van der Waals surface area (Å²) < 4.78 is 1.98. The number of hydrogen-bond acceptors (Lipinski definition) is 2. The van der Waals surface area contributed by atoms with Crippen molar-refractivity contribution in [1.29, 1.82) is 0 Å². The van der Waals surface area contributed by atoms with Gasteiger partial charge >= 0.3 is 0 Å². The SMILES string of the molecule is CC(C)c1nccn1CCO. The quantitative estimate of drug-likeness (QED) is 0.705. The highest BCUT2D eigenvalue weighted by atomic mass is 16.3. The highest BCUT2D eigenvalue weighted by Crippen LogP contribution is 2.10. The van der Waals surface area contributed by atoms with Crippen molar-refractivity contribution in [3.05, 3.63) is 18.2 Å². The van der Waals surface area contributed by atoms with E-state index in [1.165, 1.54) is 0 Å². The first-order valence-corrected chi connectivity index (χ1v) is 3.87. The van der Waals surface area contributed by atoms with Crippen LogP contribution in [0.2, 0.25) is 0 Å². The molecule has 0 fully saturated rings. The first-order valence-electron chi connectivity index (χ1n) is 3.87. The van der Waals surface area contributed by atoms with Gasteiger partial charge in [-0.15, -0.1) is 0 Å². The van der Waals surface area contributed by atoms with Crippen molar-refractivity contribution in [2.24, 2.45) is 0 Å². The van der Waals surface area contributed by atoms with Crippen LogP contribution in [0.1, 0.15) is 25.6 Å². The van der Waals surface area contributed by atoms with Crippen LogP contribution in [0.15, 0.2) is 12.4 Å². The van der Waals surface area contributed by atoms with Crippen LogP contribution in [-0.4, -0.2) is 21.3 Å². The van der Waals surface area contributed by atoms with Crippen LogP contribution >= 0.6 is 0 Å². The van der Waals surface area contributed by atoms with E-state index < -0.39 is 0 Å². The molecule has 1 aromatic heterocycles.